The molecule has 0 N–H and O–H groups in total. The second-order valence-corrected chi connectivity index (χ2v) is 5.94. The number of nitrogens with zero attached hydrogens (tertiary/aromatic N) is 3. The van der Waals surface area contributed by atoms with Gasteiger partial charge in [-0.25, -0.2) is 4.85 Å². The van der Waals surface area contributed by atoms with Crippen molar-refractivity contribution >= 4 is 33.0 Å². The van der Waals surface area contributed by atoms with Crippen LogP contribution in [0.25, 0.3) is 43.3 Å². The average molecular weight is 511 g/mol. The first kappa shape index (κ1) is 16.5. The zero-order valence-electron chi connectivity index (χ0n) is 13.6. The number of rotatable bonds is 1. The van der Waals surface area contributed by atoms with Gasteiger partial charge in [0.25, 0.3) is 0 Å². The fourth-order valence-corrected chi connectivity index (χ4v) is 3.52. The minimum atomic E-state index is 0. The Morgan fingerprint density at radius 3 is 2.81 bits per heavy atom. The van der Waals surface area contributed by atoms with Crippen LogP contribution in [-0.4, -0.2) is 9.38 Å². The minimum Gasteiger partial charge on any atom is -0.340 e. The van der Waals surface area contributed by atoms with Gasteiger partial charge in [0, 0.05) is 38.0 Å². The van der Waals surface area contributed by atoms with Crippen molar-refractivity contribution in [2.75, 3.05) is 0 Å². The van der Waals surface area contributed by atoms with Gasteiger partial charge >= 0.3 is 0 Å². The molecular weight excluding hydrogens is 498 g/mol. The maximum absolute atomic E-state index is 7.29. The van der Waals surface area contributed by atoms with Crippen LogP contribution in [0.4, 0.5) is 5.69 Å². The quantitative estimate of drug-likeness (QED) is 0.211. The Bertz CT molecular complexity index is 1310. The molecule has 0 saturated heterocycles. The van der Waals surface area contributed by atoms with Gasteiger partial charge in [0.15, 0.2) is 5.69 Å². The topological polar surface area (TPSA) is 21.7 Å². The SMILES string of the molecule is [C-]#[N+]c1cccc(-c2cc[c-]c3c2c2ccccc2n2ccnc32)c1.[Ir]. The van der Waals surface area contributed by atoms with Crippen LogP contribution >= 0.6 is 0 Å². The molecule has 2 heterocycles. The van der Waals surface area contributed by atoms with Gasteiger partial charge in [0.05, 0.1) is 12.2 Å². The van der Waals surface area contributed by atoms with Gasteiger partial charge in [-0.05, 0) is 17.0 Å². The molecule has 3 aromatic carbocycles. The Hall–Kier alpha value is -2.99. The van der Waals surface area contributed by atoms with E-state index in [4.69, 9.17) is 6.57 Å². The van der Waals surface area contributed by atoms with E-state index >= 15 is 0 Å². The number of para-hydroxylation sites is 1. The van der Waals surface area contributed by atoms with Gasteiger partial charge in [-0.3, -0.25) is 4.98 Å². The molecule has 3 nitrogen and oxygen atoms in total. The van der Waals surface area contributed by atoms with Crippen molar-refractivity contribution in [2.45, 2.75) is 0 Å². The molecule has 4 heteroatoms. The van der Waals surface area contributed by atoms with E-state index in [1.807, 2.05) is 48.8 Å². The molecule has 0 amide bonds. The van der Waals surface area contributed by atoms with E-state index in [2.05, 4.69) is 44.6 Å². The normalized spacial score (nSPS) is 10.7. The van der Waals surface area contributed by atoms with Crippen LogP contribution < -0.4 is 0 Å². The summed E-state index contributed by atoms with van der Waals surface area (Å²) >= 11 is 0. The molecule has 0 fully saturated rings. The van der Waals surface area contributed by atoms with Crippen LogP contribution in [0.2, 0.25) is 0 Å². The summed E-state index contributed by atoms with van der Waals surface area (Å²) in [6.45, 7) is 7.29. The summed E-state index contributed by atoms with van der Waals surface area (Å²) in [5.74, 6) is 0. The van der Waals surface area contributed by atoms with Gasteiger partial charge < -0.3 is 4.40 Å². The molecule has 0 saturated carbocycles. The standard InChI is InChI=1S/C22H12N3.Ir/c1-23-16-7-4-6-15(14-16)17-9-5-10-19-21(17)18-8-2-3-11-20(18)25-13-12-24-22(19)25;/h2-9,11-14H;/q-1;. The van der Waals surface area contributed by atoms with Crippen molar-refractivity contribution in [3.8, 4) is 11.1 Å². The molecule has 0 unspecified atom stereocenters. The van der Waals surface area contributed by atoms with Crippen molar-refractivity contribution in [2.24, 2.45) is 0 Å². The predicted octanol–water partition coefficient (Wildman–Crippen LogP) is 5.66. The van der Waals surface area contributed by atoms with E-state index in [0.717, 1.165) is 38.4 Å². The Labute approximate surface area is 164 Å². The maximum atomic E-state index is 7.29. The Morgan fingerprint density at radius 2 is 1.92 bits per heavy atom. The van der Waals surface area contributed by atoms with Crippen LogP contribution in [0.3, 0.4) is 0 Å². The molecule has 0 bridgehead atoms. The second-order valence-electron chi connectivity index (χ2n) is 5.94. The smallest absolute Gasteiger partial charge is 0.187 e. The Morgan fingerprint density at radius 1 is 1.04 bits per heavy atom. The zero-order chi connectivity index (χ0) is 16.8. The summed E-state index contributed by atoms with van der Waals surface area (Å²) in [6, 6.07) is 23.5. The van der Waals surface area contributed by atoms with Crippen molar-refractivity contribution in [3.63, 3.8) is 0 Å². The van der Waals surface area contributed by atoms with E-state index in [1.54, 1.807) is 0 Å². The summed E-state index contributed by atoms with van der Waals surface area (Å²) in [4.78, 5) is 8.12. The van der Waals surface area contributed by atoms with Gasteiger partial charge in [-0.1, -0.05) is 58.8 Å². The number of aromatic nitrogens is 2. The molecule has 26 heavy (non-hydrogen) atoms. The van der Waals surface area contributed by atoms with Crippen molar-refractivity contribution in [3.05, 3.63) is 90.5 Å². The van der Waals surface area contributed by atoms with Gasteiger partial charge in [0.2, 0.25) is 0 Å². The average Bonchev–Trinajstić information content (AvgIpc) is 3.18. The fourth-order valence-electron chi connectivity index (χ4n) is 3.52. The predicted molar refractivity (Wildman–Crippen MR) is 101 cm³/mol. The van der Waals surface area contributed by atoms with E-state index < -0.39 is 0 Å². The molecule has 2 aromatic heterocycles. The van der Waals surface area contributed by atoms with E-state index in [-0.39, 0.29) is 20.1 Å². The molecule has 0 atom stereocenters. The number of benzene rings is 3. The number of imidazole rings is 1. The Kier molecular flexibility index (Phi) is 4.05. The number of pyridine rings is 1. The maximum Gasteiger partial charge on any atom is 0.187 e. The van der Waals surface area contributed by atoms with E-state index in [0.29, 0.717) is 5.69 Å². The molecular formula is C22H12IrN3-. The molecule has 5 aromatic rings. The molecule has 1 radical (unpaired) electrons. The number of hydrogen-bond donors (Lipinski definition) is 0. The molecule has 0 aliphatic heterocycles. The van der Waals surface area contributed by atoms with Crippen LogP contribution in [0.5, 0.6) is 0 Å². The minimum absolute atomic E-state index is 0. The van der Waals surface area contributed by atoms with Crippen molar-refractivity contribution < 1.29 is 20.1 Å². The molecule has 125 valence electrons. The van der Waals surface area contributed by atoms with Gasteiger partial charge in [0.1, 0.15) is 0 Å². The second kappa shape index (κ2) is 6.38. The summed E-state index contributed by atoms with van der Waals surface area (Å²) in [5, 5.41) is 3.27. The summed E-state index contributed by atoms with van der Waals surface area (Å²) in [7, 11) is 0. The van der Waals surface area contributed by atoms with Crippen LogP contribution in [0, 0.1) is 12.6 Å². The first-order valence-corrected chi connectivity index (χ1v) is 8.03. The number of hydrogen-bond acceptors (Lipinski definition) is 1. The third-order valence-corrected chi connectivity index (χ3v) is 4.58. The fraction of sp³-hybridized carbons (Fsp3) is 0. The summed E-state index contributed by atoms with van der Waals surface area (Å²) < 4.78 is 2.10. The third-order valence-electron chi connectivity index (χ3n) is 4.58. The largest absolute Gasteiger partial charge is 0.340 e. The molecule has 5 rings (SSSR count). The van der Waals surface area contributed by atoms with Crippen molar-refractivity contribution in [1.82, 2.24) is 9.38 Å². The van der Waals surface area contributed by atoms with E-state index in [1.165, 1.54) is 0 Å². The van der Waals surface area contributed by atoms with Gasteiger partial charge in [-0.2, -0.15) is 0 Å². The summed E-state index contributed by atoms with van der Waals surface area (Å²) in [6.07, 6.45) is 3.80. The Balaban J connectivity index is 0.00000168. The molecule has 0 spiro atoms. The van der Waals surface area contributed by atoms with Crippen LogP contribution in [-0.2, 0) is 20.1 Å². The zero-order valence-corrected chi connectivity index (χ0v) is 16.0. The molecule has 0 aliphatic carbocycles. The summed E-state index contributed by atoms with van der Waals surface area (Å²) in [5.41, 5.74) is 4.79. The van der Waals surface area contributed by atoms with Crippen molar-refractivity contribution in [1.29, 1.82) is 0 Å². The monoisotopic (exact) mass is 511 g/mol. The van der Waals surface area contributed by atoms with Crippen LogP contribution in [0.15, 0.2) is 73.1 Å². The first-order valence-electron chi connectivity index (χ1n) is 8.03. The van der Waals surface area contributed by atoms with Gasteiger partial charge in [-0.15, -0.1) is 18.2 Å². The number of fused-ring (bicyclic) bond motifs is 6. The first-order chi connectivity index (χ1) is 12.4. The molecule has 0 aliphatic rings. The third kappa shape index (κ3) is 2.34. The van der Waals surface area contributed by atoms with Crippen LogP contribution in [0.1, 0.15) is 0 Å². The van der Waals surface area contributed by atoms with E-state index in [9.17, 15) is 0 Å².